The molecule has 0 saturated heterocycles. The van der Waals surface area contributed by atoms with Crippen LogP contribution < -0.4 is 5.32 Å². The van der Waals surface area contributed by atoms with Crippen molar-refractivity contribution in [3.63, 3.8) is 0 Å². The summed E-state index contributed by atoms with van der Waals surface area (Å²) in [6.07, 6.45) is 0.556. The fraction of sp³-hybridized carbons (Fsp3) is 0.227. The van der Waals surface area contributed by atoms with Crippen LogP contribution in [0.25, 0.3) is 11.1 Å². The maximum absolute atomic E-state index is 13.2. The van der Waals surface area contributed by atoms with E-state index in [1.54, 1.807) is 45.0 Å². The number of ether oxygens (including phenoxy) is 1. The van der Waals surface area contributed by atoms with E-state index in [1.807, 2.05) is 6.07 Å². The van der Waals surface area contributed by atoms with E-state index < -0.39 is 27.5 Å². The lowest BCUT2D eigenvalue weighted by Gasteiger charge is -2.19. The molecule has 2 aromatic carbocycles. The van der Waals surface area contributed by atoms with Gasteiger partial charge in [-0.25, -0.2) is 23.0 Å². The summed E-state index contributed by atoms with van der Waals surface area (Å²) in [6.45, 7) is 5.19. The van der Waals surface area contributed by atoms with Gasteiger partial charge in [0.1, 0.15) is 14.8 Å². The number of carboxylic acid groups (broad SMARTS) is 1. The van der Waals surface area contributed by atoms with E-state index in [9.17, 15) is 23.1 Å². The molecule has 0 aliphatic carbocycles. The van der Waals surface area contributed by atoms with E-state index in [0.717, 1.165) is 17.4 Å². The van der Waals surface area contributed by atoms with Gasteiger partial charge in [-0.15, -0.1) is 11.3 Å². The molecule has 0 radical (unpaired) electrons. The van der Waals surface area contributed by atoms with Gasteiger partial charge in [0.25, 0.3) is 0 Å². The first-order chi connectivity index (χ1) is 15.0. The third-order valence-corrected chi connectivity index (χ3v) is 7.34. The Morgan fingerprint density at radius 1 is 1.09 bits per heavy atom. The van der Waals surface area contributed by atoms with Gasteiger partial charge in [0.05, 0.1) is 23.2 Å². The predicted molar refractivity (Wildman–Crippen MR) is 119 cm³/mol. The Balaban J connectivity index is 1.89. The fourth-order valence-electron chi connectivity index (χ4n) is 2.75. The Morgan fingerprint density at radius 3 is 2.41 bits per heavy atom. The van der Waals surface area contributed by atoms with Crippen LogP contribution in [-0.4, -0.2) is 36.2 Å². The molecule has 10 heteroatoms. The molecule has 32 heavy (non-hydrogen) atoms. The molecule has 3 rings (SSSR count). The van der Waals surface area contributed by atoms with Crippen molar-refractivity contribution in [2.45, 2.75) is 42.0 Å². The minimum atomic E-state index is -4.02. The summed E-state index contributed by atoms with van der Waals surface area (Å²) in [5.74, 6) is -1.23. The zero-order valence-corrected chi connectivity index (χ0v) is 19.3. The zero-order chi connectivity index (χ0) is 23.5. The second kappa shape index (κ2) is 9.09. The molecule has 1 amide bonds. The first-order valence-electron chi connectivity index (χ1n) is 9.56. The average molecular weight is 475 g/mol. The number of aromatic nitrogens is 1. The summed E-state index contributed by atoms with van der Waals surface area (Å²) in [5, 5.41) is 12.4. The number of aromatic carboxylic acids is 1. The summed E-state index contributed by atoms with van der Waals surface area (Å²) < 4.78 is 31.5. The quantitative estimate of drug-likeness (QED) is 0.544. The number of benzene rings is 2. The first kappa shape index (κ1) is 23.4. The summed E-state index contributed by atoms with van der Waals surface area (Å²) in [5.41, 5.74) is 0.368. The maximum Gasteiger partial charge on any atom is 0.408 e. The smallest absolute Gasteiger partial charge is 0.408 e. The van der Waals surface area contributed by atoms with Crippen molar-refractivity contribution in [3.8, 4) is 11.1 Å². The summed E-state index contributed by atoms with van der Waals surface area (Å²) in [6, 6.07) is 12.9. The molecule has 0 aliphatic rings. The zero-order valence-electron chi connectivity index (χ0n) is 17.7. The average Bonchev–Trinajstić information content (AvgIpc) is 3.21. The van der Waals surface area contributed by atoms with Crippen LogP contribution in [0.4, 0.5) is 4.79 Å². The number of nitrogens with zero attached hydrogens (tertiary/aromatic N) is 1. The van der Waals surface area contributed by atoms with Crippen LogP contribution in [0.3, 0.4) is 0 Å². The van der Waals surface area contributed by atoms with Gasteiger partial charge >= 0.3 is 12.1 Å². The van der Waals surface area contributed by atoms with E-state index in [2.05, 4.69) is 10.3 Å². The first-order valence-corrected chi connectivity index (χ1v) is 11.9. The van der Waals surface area contributed by atoms with Gasteiger partial charge in [0.2, 0.25) is 9.84 Å². The number of carbonyl (C=O) groups is 2. The Hall–Kier alpha value is -3.24. The second-order valence-corrected chi connectivity index (χ2v) is 11.1. The molecule has 3 aromatic rings. The standard InChI is InChI=1S/C22H22N2O6S2/c1-22(2,3)30-21(27)24-12-18-23-13-19(31-18)32(28,29)17-10-15(9-16(11-17)20(25)26)14-7-5-4-6-8-14/h4-11,13H,12H2,1-3H3,(H,24,27)(H,25,26). The van der Waals surface area contributed by atoms with Gasteiger partial charge in [-0.2, -0.15) is 0 Å². The normalized spacial score (nSPS) is 11.7. The minimum Gasteiger partial charge on any atom is -0.478 e. The summed E-state index contributed by atoms with van der Waals surface area (Å²) in [4.78, 5) is 27.3. The van der Waals surface area contributed by atoms with Crippen LogP contribution in [0.15, 0.2) is 63.8 Å². The highest BCUT2D eigenvalue weighted by atomic mass is 32.2. The number of sulfone groups is 1. The number of carboxylic acids is 1. The van der Waals surface area contributed by atoms with Crippen LogP contribution >= 0.6 is 11.3 Å². The van der Waals surface area contributed by atoms with Crippen LogP contribution in [0, 0.1) is 0 Å². The van der Waals surface area contributed by atoms with Crippen molar-refractivity contribution in [2.24, 2.45) is 0 Å². The monoisotopic (exact) mass is 474 g/mol. The largest absolute Gasteiger partial charge is 0.478 e. The molecule has 0 fully saturated rings. The van der Waals surface area contributed by atoms with Crippen LogP contribution in [0.2, 0.25) is 0 Å². The highest BCUT2D eigenvalue weighted by molar-refractivity contribution is 7.93. The molecule has 1 aromatic heterocycles. The number of thiazole rings is 1. The van der Waals surface area contributed by atoms with Gasteiger partial charge in [-0.3, -0.25) is 0 Å². The number of nitrogens with one attached hydrogen (secondary N) is 1. The second-order valence-electron chi connectivity index (χ2n) is 7.85. The highest BCUT2D eigenvalue weighted by Gasteiger charge is 2.24. The summed E-state index contributed by atoms with van der Waals surface area (Å²) in [7, 11) is -4.02. The SMILES string of the molecule is CC(C)(C)OC(=O)NCc1ncc(S(=O)(=O)c2cc(C(=O)O)cc(-c3ccccc3)c2)s1. The lowest BCUT2D eigenvalue weighted by Crippen LogP contribution is -2.32. The van der Waals surface area contributed by atoms with Crippen molar-refractivity contribution in [2.75, 3.05) is 0 Å². The van der Waals surface area contributed by atoms with Gasteiger partial charge in [-0.1, -0.05) is 30.3 Å². The number of carbonyl (C=O) groups excluding carboxylic acids is 1. The van der Waals surface area contributed by atoms with Crippen molar-refractivity contribution in [1.29, 1.82) is 0 Å². The molecule has 0 bridgehead atoms. The number of hydrogen-bond acceptors (Lipinski definition) is 7. The molecule has 8 nitrogen and oxygen atoms in total. The molecule has 0 aliphatic heterocycles. The lowest BCUT2D eigenvalue weighted by molar-refractivity contribution is 0.0523. The summed E-state index contributed by atoms with van der Waals surface area (Å²) >= 11 is 0.894. The van der Waals surface area contributed by atoms with Crippen molar-refractivity contribution >= 4 is 33.2 Å². The van der Waals surface area contributed by atoms with Gasteiger partial charge in [-0.05, 0) is 50.1 Å². The van der Waals surface area contributed by atoms with E-state index >= 15 is 0 Å². The molecule has 2 N–H and O–H groups in total. The molecule has 0 spiro atoms. The van der Waals surface area contributed by atoms with Gasteiger partial charge in [0.15, 0.2) is 0 Å². The molecular formula is C22H22N2O6S2. The Kier molecular flexibility index (Phi) is 6.65. The molecule has 0 saturated carbocycles. The van der Waals surface area contributed by atoms with Crippen LogP contribution in [0.5, 0.6) is 0 Å². The predicted octanol–water partition coefficient (Wildman–Crippen LogP) is 4.37. The topological polar surface area (TPSA) is 123 Å². The number of alkyl carbamates (subject to hydrolysis) is 1. The van der Waals surface area contributed by atoms with Crippen molar-refractivity contribution in [3.05, 3.63) is 65.3 Å². The number of amides is 1. The van der Waals surface area contributed by atoms with Gasteiger partial charge in [0, 0.05) is 0 Å². The van der Waals surface area contributed by atoms with E-state index in [1.165, 1.54) is 18.3 Å². The highest BCUT2D eigenvalue weighted by Crippen LogP contribution is 2.30. The fourth-order valence-corrected chi connectivity index (χ4v) is 5.34. The van der Waals surface area contributed by atoms with E-state index in [0.29, 0.717) is 16.1 Å². The molecular weight excluding hydrogens is 452 g/mol. The molecule has 1 heterocycles. The molecule has 0 atom stereocenters. The minimum absolute atomic E-state index is 0.000465. The van der Waals surface area contributed by atoms with Crippen molar-refractivity contribution in [1.82, 2.24) is 10.3 Å². The van der Waals surface area contributed by atoms with E-state index in [-0.39, 0.29) is 21.2 Å². The Labute approximate surface area is 189 Å². The van der Waals surface area contributed by atoms with Crippen molar-refractivity contribution < 1.29 is 27.9 Å². The maximum atomic E-state index is 13.2. The third kappa shape index (κ3) is 5.71. The number of hydrogen-bond donors (Lipinski definition) is 2. The van der Waals surface area contributed by atoms with Crippen LogP contribution in [-0.2, 0) is 21.1 Å². The van der Waals surface area contributed by atoms with Gasteiger partial charge < -0.3 is 15.2 Å². The van der Waals surface area contributed by atoms with E-state index in [4.69, 9.17) is 4.74 Å². The Bertz CT molecular complexity index is 1240. The third-order valence-electron chi connectivity index (χ3n) is 4.15. The number of rotatable bonds is 6. The molecule has 168 valence electrons. The molecule has 0 unspecified atom stereocenters. The lowest BCUT2D eigenvalue weighted by atomic mass is 10.0. The Morgan fingerprint density at radius 2 is 1.78 bits per heavy atom. The van der Waals surface area contributed by atoms with Crippen LogP contribution in [0.1, 0.15) is 36.1 Å².